The van der Waals surface area contributed by atoms with Crippen molar-refractivity contribution in [2.45, 2.75) is 19.2 Å². The van der Waals surface area contributed by atoms with E-state index in [0.29, 0.717) is 16.3 Å². The van der Waals surface area contributed by atoms with Gasteiger partial charge in [-0.15, -0.1) is 0 Å². The molecule has 0 bridgehead atoms. The first-order valence-corrected chi connectivity index (χ1v) is 11.9. The quantitative estimate of drug-likeness (QED) is 0.181. The first-order valence-electron chi connectivity index (χ1n) is 9.51. The van der Waals surface area contributed by atoms with Crippen LogP contribution in [-0.2, 0) is 32.0 Å². The van der Waals surface area contributed by atoms with Crippen LogP contribution in [0.1, 0.15) is 11.3 Å². The maximum atomic E-state index is 13.0. The van der Waals surface area contributed by atoms with Gasteiger partial charge in [0.1, 0.15) is 18.8 Å². The van der Waals surface area contributed by atoms with Gasteiger partial charge in [0.2, 0.25) is 21.9 Å². The van der Waals surface area contributed by atoms with Crippen LogP contribution in [-0.4, -0.2) is 45.1 Å². The first-order chi connectivity index (χ1) is 15.4. The van der Waals surface area contributed by atoms with E-state index in [1.807, 2.05) is 0 Å². The molecule has 14 heteroatoms. The van der Waals surface area contributed by atoms with Crippen LogP contribution in [0.25, 0.3) is 0 Å². The highest BCUT2D eigenvalue weighted by atomic mass is 35.5. The molecular formula is C19H24Cl2N6O5S. The average Bonchev–Trinajstić information content (AvgIpc) is 2.72. The zero-order valence-corrected chi connectivity index (χ0v) is 20.2. The van der Waals surface area contributed by atoms with Crippen molar-refractivity contribution in [1.82, 2.24) is 9.88 Å². The van der Waals surface area contributed by atoms with Crippen molar-refractivity contribution in [3.05, 3.63) is 62.0 Å². The van der Waals surface area contributed by atoms with Crippen molar-refractivity contribution in [3.8, 4) is 0 Å². The molecule has 1 aromatic heterocycles. The molecule has 0 atom stereocenters. The van der Waals surface area contributed by atoms with Gasteiger partial charge in [0.15, 0.2) is 0 Å². The molecule has 1 aromatic carbocycles. The SMILES string of the molecule is Cc1ccc(N(C)S(=O)(=O)Cc2ccc(Cl)c(Cl)c2)c(=O)n1CC(=O)NCCON=C(N)N. The number of amides is 1. The van der Waals surface area contributed by atoms with E-state index >= 15 is 0 Å². The van der Waals surface area contributed by atoms with Gasteiger partial charge in [0.05, 0.1) is 22.3 Å². The maximum absolute atomic E-state index is 13.0. The molecule has 11 nitrogen and oxygen atoms in total. The number of guanidine groups is 1. The minimum absolute atomic E-state index is 0.0211. The van der Waals surface area contributed by atoms with Crippen molar-refractivity contribution in [2.24, 2.45) is 16.6 Å². The summed E-state index contributed by atoms with van der Waals surface area (Å²) in [6.07, 6.45) is 0. The number of oxime groups is 1. The predicted octanol–water partition coefficient (Wildman–Crippen LogP) is 0.751. The van der Waals surface area contributed by atoms with E-state index in [2.05, 4.69) is 10.5 Å². The molecule has 0 saturated heterocycles. The Balaban J connectivity index is 2.16. The number of aryl methyl sites for hydroxylation is 1. The van der Waals surface area contributed by atoms with Gasteiger partial charge in [-0.1, -0.05) is 29.3 Å². The van der Waals surface area contributed by atoms with E-state index in [1.54, 1.807) is 13.0 Å². The zero-order valence-electron chi connectivity index (χ0n) is 17.9. The summed E-state index contributed by atoms with van der Waals surface area (Å²) in [5, 5.41) is 6.39. The van der Waals surface area contributed by atoms with E-state index in [1.165, 1.54) is 35.9 Å². The molecule has 0 radical (unpaired) electrons. The van der Waals surface area contributed by atoms with Crippen LogP contribution in [0.2, 0.25) is 10.0 Å². The number of aromatic nitrogens is 1. The summed E-state index contributed by atoms with van der Waals surface area (Å²) in [5.41, 5.74) is 10.4. The molecule has 2 aromatic rings. The van der Waals surface area contributed by atoms with E-state index < -0.39 is 27.2 Å². The molecular weight excluding hydrogens is 495 g/mol. The lowest BCUT2D eigenvalue weighted by Gasteiger charge is -2.21. The number of nitrogens with zero attached hydrogens (tertiary/aromatic N) is 3. The molecule has 0 aliphatic carbocycles. The number of pyridine rings is 1. The molecule has 180 valence electrons. The topological polar surface area (TPSA) is 162 Å². The van der Waals surface area contributed by atoms with E-state index in [0.717, 1.165) is 4.31 Å². The second kappa shape index (κ2) is 11.3. The number of rotatable bonds is 10. The highest BCUT2D eigenvalue weighted by molar-refractivity contribution is 7.92. The molecule has 33 heavy (non-hydrogen) atoms. The summed E-state index contributed by atoms with van der Waals surface area (Å²) in [6, 6.07) is 7.42. The van der Waals surface area contributed by atoms with Crippen LogP contribution in [0.3, 0.4) is 0 Å². The van der Waals surface area contributed by atoms with Gasteiger partial charge in [-0.3, -0.25) is 13.9 Å². The summed E-state index contributed by atoms with van der Waals surface area (Å²) < 4.78 is 27.9. The van der Waals surface area contributed by atoms with Gasteiger partial charge in [-0.2, -0.15) is 0 Å². The van der Waals surface area contributed by atoms with Crippen molar-refractivity contribution in [3.63, 3.8) is 0 Å². The number of sulfonamides is 1. The van der Waals surface area contributed by atoms with Gasteiger partial charge < -0.3 is 26.2 Å². The lowest BCUT2D eigenvalue weighted by molar-refractivity contribution is -0.122. The van der Waals surface area contributed by atoms with Gasteiger partial charge >= 0.3 is 0 Å². The Kier molecular flexibility index (Phi) is 8.97. The number of anilines is 1. The summed E-state index contributed by atoms with van der Waals surface area (Å²) in [4.78, 5) is 30.0. The largest absolute Gasteiger partial charge is 0.391 e. The van der Waals surface area contributed by atoms with Crippen LogP contribution in [0.5, 0.6) is 0 Å². The number of hydrogen-bond donors (Lipinski definition) is 3. The van der Waals surface area contributed by atoms with Crippen molar-refractivity contribution < 1.29 is 18.0 Å². The lowest BCUT2D eigenvalue weighted by Crippen LogP contribution is -2.38. The van der Waals surface area contributed by atoms with Crippen LogP contribution >= 0.6 is 23.2 Å². The predicted molar refractivity (Wildman–Crippen MR) is 128 cm³/mol. The van der Waals surface area contributed by atoms with Crippen molar-refractivity contribution in [1.29, 1.82) is 0 Å². The molecule has 0 unspecified atom stereocenters. The molecule has 0 aliphatic rings. The van der Waals surface area contributed by atoms with Crippen LogP contribution in [0, 0.1) is 6.92 Å². The van der Waals surface area contributed by atoms with Gasteiger partial charge in [0.25, 0.3) is 5.56 Å². The van der Waals surface area contributed by atoms with Crippen LogP contribution in [0.15, 0.2) is 40.3 Å². The fourth-order valence-corrected chi connectivity index (χ4v) is 4.29. The number of halogens is 2. The second-order valence-corrected chi connectivity index (χ2v) is 9.74. The summed E-state index contributed by atoms with van der Waals surface area (Å²) in [7, 11) is -2.67. The number of carbonyl (C=O) groups excluding carboxylic acids is 1. The minimum atomic E-state index is -3.94. The Hall–Kier alpha value is -2.96. The van der Waals surface area contributed by atoms with E-state index in [-0.39, 0.29) is 36.4 Å². The van der Waals surface area contributed by atoms with Gasteiger partial charge in [0, 0.05) is 12.7 Å². The third-order valence-electron chi connectivity index (χ3n) is 4.45. The normalized spacial score (nSPS) is 11.0. The molecule has 5 N–H and O–H groups in total. The number of nitrogens with one attached hydrogen (secondary N) is 1. The Morgan fingerprint density at radius 3 is 2.55 bits per heavy atom. The zero-order chi connectivity index (χ0) is 24.8. The highest BCUT2D eigenvalue weighted by Gasteiger charge is 2.23. The standard InChI is InChI=1S/C19H24Cl2N6O5S/c1-12-3-6-16(18(29)27(12)10-17(28)24-7-8-32-25-19(22)23)26(2)33(30,31)11-13-4-5-14(20)15(21)9-13/h3-6,9H,7-8,10-11H2,1-2H3,(H,24,28)(H4,22,23,25). The number of benzene rings is 1. The summed E-state index contributed by atoms with van der Waals surface area (Å²) in [5.74, 6) is -1.13. The summed E-state index contributed by atoms with van der Waals surface area (Å²) >= 11 is 11.8. The highest BCUT2D eigenvalue weighted by Crippen LogP contribution is 2.24. The third-order valence-corrected chi connectivity index (χ3v) is 6.92. The third kappa shape index (κ3) is 7.27. The molecule has 0 spiro atoms. The van der Waals surface area contributed by atoms with Crippen LogP contribution < -0.4 is 26.6 Å². The molecule has 0 saturated carbocycles. The van der Waals surface area contributed by atoms with Crippen LogP contribution in [0.4, 0.5) is 5.69 Å². The Morgan fingerprint density at radius 2 is 1.91 bits per heavy atom. The fraction of sp³-hybridized carbons (Fsp3) is 0.316. The number of carbonyl (C=O) groups is 1. The van der Waals surface area contributed by atoms with Gasteiger partial charge in [-0.05, 0) is 41.9 Å². The number of hydrogen-bond acceptors (Lipinski definition) is 6. The Bertz CT molecular complexity index is 1210. The van der Waals surface area contributed by atoms with Gasteiger partial charge in [-0.25, -0.2) is 8.42 Å². The molecule has 1 amide bonds. The number of nitrogens with two attached hydrogens (primary N) is 2. The average molecular weight is 519 g/mol. The Morgan fingerprint density at radius 1 is 1.21 bits per heavy atom. The minimum Gasteiger partial charge on any atom is -0.391 e. The summed E-state index contributed by atoms with van der Waals surface area (Å²) in [6.45, 7) is 1.43. The first kappa shape index (κ1) is 26.3. The molecule has 2 rings (SSSR count). The maximum Gasteiger partial charge on any atom is 0.275 e. The molecule has 0 aliphatic heterocycles. The lowest BCUT2D eigenvalue weighted by atomic mass is 10.2. The monoisotopic (exact) mass is 518 g/mol. The van der Waals surface area contributed by atoms with E-state index in [9.17, 15) is 18.0 Å². The molecule has 1 heterocycles. The molecule has 0 fully saturated rings. The van der Waals surface area contributed by atoms with E-state index in [4.69, 9.17) is 39.5 Å². The second-order valence-electron chi connectivity index (χ2n) is 6.92. The Labute approximate surface area is 200 Å². The van der Waals surface area contributed by atoms with Crippen molar-refractivity contribution in [2.75, 3.05) is 24.5 Å². The fourth-order valence-electron chi connectivity index (χ4n) is 2.74. The smallest absolute Gasteiger partial charge is 0.275 e. The van der Waals surface area contributed by atoms with Crippen molar-refractivity contribution >= 4 is 50.8 Å².